The average molecular weight is 391 g/mol. The number of rotatable bonds is 6. The molecule has 7 heteroatoms. The van der Waals surface area contributed by atoms with E-state index in [1.165, 1.54) is 0 Å². The lowest BCUT2D eigenvalue weighted by Crippen LogP contribution is -2.12. The molecule has 1 amide bonds. The van der Waals surface area contributed by atoms with Crippen LogP contribution in [0.1, 0.15) is 24.2 Å². The molecule has 29 heavy (non-hydrogen) atoms. The highest BCUT2D eigenvalue weighted by atomic mass is 16.7. The number of nitrogens with one attached hydrogen (secondary N) is 2. The number of hydrogen-bond donors (Lipinski definition) is 2. The van der Waals surface area contributed by atoms with Crippen molar-refractivity contribution in [1.82, 2.24) is 4.98 Å². The van der Waals surface area contributed by atoms with Gasteiger partial charge in [0.2, 0.25) is 6.79 Å². The molecule has 2 heterocycles. The van der Waals surface area contributed by atoms with Gasteiger partial charge < -0.3 is 24.8 Å². The maximum Gasteiger partial charge on any atom is 0.255 e. The van der Waals surface area contributed by atoms with E-state index in [0.29, 0.717) is 28.6 Å². The van der Waals surface area contributed by atoms with Crippen LogP contribution in [-0.2, 0) is 0 Å². The van der Waals surface area contributed by atoms with Crippen LogP contribution in [0.15, 0.2) is 60.8 Å². The van der Waals surface area contributed by atoms with Crippen LogP contribution in [0.4, 0.5) is 17.2 Å². The van der Waals surface area contributed by atoms with Crippen LogP contribution in [0.25, 0.3) is 0 Å². The van der Waals surface area contributed by atoms with Crippen LogP contribution in [0, 0.1) is 0 Å². The predicted octanol–water partition coefficient (Wildman–Crippen LogP) is 4.59. The van der Waals surface area contributed by atoms with Crippen LogP contribution in [0.3, 0.4) is 0 Å². The zero-order chi connectivity index (χ0) is 20.2. The average Bonchev–Trinajstić information content (AvgIpc) is 3.17. The zero-order valence-corrected chi connectivity index (χ0v) is 16.1. The highest BCUT2D eigenvalue weighted by Gasteiger charge is 2.14. The van der Waals surface area contributed by atoms with Crippen molar-refractivity contribution in [2.45, 2.75) is 20.0 Å². The number of ether oxygens (including phenoxy) is 3. The Balaban J connectivity index is 1.43. The van der Waals surface area contributed by atoms with E-state index in [2.05, 4.69) is 15.6 Å². The Bertz CT molecular complexity index is 1020. The van der Waals surface area contributed by atoms with Crippen LogP contribution in [0.2, 0.25) is 0 Å². The third-order valence-corrected chi connectivity index (χ3v) is 4.15. The second-order valence-corrected chi connectivity index (χ2v) is 6.77. The molecular weight excluding hydrogens is 370 g/mol. The molecule has 0 saturated carbocycles. The maximum atomic E-state index is 12.6. The fourth-order valence-corrected chi connectivity index (χ4v) is 2.85. The Morgan fingerprint density at radius 3 is 2.55 bits per heavy atom. The van der Waals surface area contributed by atoms with Gasteiger partial charge in [0, 0.05) is 29.2 Å². The number of fused-ring (bicyclic) bond motifs is 1. The molecule has 3 aromatic rings. The van der Waals surface area contributed by atoms with Gasteiger partial charge in [-0.25, -0.2) is 4.98 Å². The third-order valence-electron chi connectivity index (χ3n) is 4.15. The number of carbonyl (C=O) groups excluding carboxylic acids is 1. The van der Waals surface area contributed by atoms with Crippen molar-refractivity contribution < 1.29 is 19.0 Å². The molecular formula is C22H21N3O4. The lowest BCUT2D eigenvalue weighted by Gasteiger charge is -2.11. The first kappa shape index (κ1) is 18.6. The summed E-state index contributed by atoms with van der Waals surface area (Å²) in [6.45, 7) is 4.15. The van der Waals surface area contributed by atoms with Crippen LogP contribution in [0.5, 0.6) is 17.2 Å². The van der Waals surface area contributed by atoms with Crippen LogP contribution in [-0.4, -0.2) is 23.8 Å². The van der Waals surface area contributed by atoms with Crippen molar-refractivity contribution in [2.75, 3.05) is 17.4 Å². The monoisotopic (exact) mass is 391 g/mol. The molecule has 1 aliphatic heterocycles. The van der Waals surface area contributed by atoms with E-state index in [0.717, 1.165) is 11.4 Å². The third kappa shape index (κ3) is 4.57. The van der Waals surface area contributed by atoms with E-state index < -0.39 is 0 Å². The van der Waals surface area contributed by atoms with Crippen LogP contribution >= 0.6 is 0 Å². The summed E-state index contributed by atoms with van der Waals surface area (Å²) in [5.74, 6) is 2.48. The van der Waals surface area contributed by atoms with Gasteiger partial charge in [-0.2, -0.15) is 0 Å². The van der Waals surface area contributed by atoms with E-state index in [-0.39, 0.29) is 18.8 Å². The molecule has 0 radical (unpaired) electrons. The molecule has 0 bridgehead atoms. The first-order valence-corrected chi connectivity index (χ1v) is 9.27. The van der Waals surface area contributed by atoms with Gasteiger partial charge in [0.1, 0.15) is 11.6 Å². The number of anilines is 3. The molecule has 0 spiro atoms. The summed E-state index contributed by atoms with van der Waals surface area (Å²) in [6.07, 6.45) is 1.69. The Hall–Kier alpha value is -3.74. The van der Waals surface area contributed by atoms with Gasteiger partial charge in [-0.05, 0) is 62.4 Å². The van der Waals surface area contributed by atoms with E-state index in [9.17, 15) is 4.79 Å². The number of hydrogen-bond acceptors (Lipinski definition) is 6. The molecule has 7 nitrogen and oxygen atoms in total. The van der Waals surface area contributed by atoms with E-state index >= 15 is 0 Å². The summed E-state index contributed by atoms with van der Waals surface area (Å²) in [5, 5.41) is 6.05. The largest absolute Gasteiger partial charge is 0.491 e. The standard InChI is InChI=1S/C22H21N3O4/c1-14(2)29-18-6-3-16(4-7-18)25-22(26)15-9-10-23-21(11-15)24-17-5-8-19-20(12-17)28-13-27-19/h3-12,14H,13H2,1-2H3,(H,23,24)(H,25,26). The number of pyridine rings is 1. The quantitative estimate of drug-likeness (QED) is 0.639. The number of aromatic nitrogens is 1. The summed E-state index contributed by atoms with van der Waals surface area (Å²) >= 11 is 0. The van der Waals surface area contributed by atoms with E-state index in [4.69, 9.17) is 14.2 Å². The van der Waals surface area contributed by atoms with Gasteiger partial charge >= 0.3 is 0 Å². The highest BCUT2D eigenvalue weighted by molar-refractivity contribution is 6.04. The molecule has 0 aliphatic carbocycles. The Kier molecular flexibility index (Phi) is 5.20. The molecule has 4 rings (SSSR count). The van der Waals surface area contributed by atoms with Crippen LogP contribution < -0.4 is 24.8 Å². The second kappa shape index (κ2) is 8.10. The van der Waals surface area contributed by atoms with Gasteiger partial charge in [0.05, 0.1) is 6.10 Å². The van der Waals surface area contributed by atoms with Gasteiger partial charge in [0.15, 0.2) is 11.5 Å². The molecule has 1 aliphatic rings. The summed E-state index contributed by atoms with van der Waals surface area (Å²) in [6, 6.07) is 16.1. The maximum absolute atomic E-state index is 12.6. The van der Waals surface area contributed by atoms with Gasteiger partial charge in [-0.3, -0.25) is 4.79 Å². The molecule has 2 N–H and O–H groups in total. The summed E-state index contributed by atoms with van der Waals surface area (Å²) in [4.78, 5) is 16.9. The lowest BCUT2D eigenvalue weighted by molar-refractivity contribution is 0.102. The van der Waals surface area contributed by atoms with E-state index in [1.54, 1.807) is 18.3 Å². The summed E-state index contributed by atoms with van der Waals surface area (Å²) < 4.78 is 16.3. The molecule has 0 fully saturated rings. The first-order valence-electron chi connectivity index (χ1n) is 9.27. The normalized spacial score (nSPS) is 12.0. The van der Waals surface area contributed by atoms with Crippen molar-refractivity contribution in [3.63, 3.8) is 0 Å². The number of benzene rings is 2. The smallest absolute Gasteiger partial charge is 0.255 e. The molecule has 2 aromatic carbocycles. The first-order chi connectivity index (χ1) is 14.1. The highest BCUT2D eigenvalue weighted by Crippen LogP contribution is 2.35. The van der Waals surface area contributed by atoms with E-state index in [1.807, 2.05) is 56.3 Å². The molecule has 0 unspecified atom stereocenters. The summed E-state index contributed by atoms with van der Waals surface area (Å²) in [5.41, 5.74) is 1.97. The minimum atomic E-state index is -0.223. The Labute approximate surface area is 168 Å². The molecule has 0 atom stereocenters. The van der Waals surface area contributed by atoms with Gasteiger partial charge in [0.25, 0.3) is 5.91 Å². The zero-order valence-electron chi connectivity index (χ0n) is 16.1. The molecule has 148 valence electrons. The topological polar surface area (TPSA) is 81.7 Å². The fourth-order valence-electron chi connectivity index (χ4n) is 2.85. The Morgan fingerprint density at radius 2 is 1.76 bits per heavy atom. The van der Waals surface area contributed by atoms with Crippen molar-refractivity contribution in [3.05, 3.63) is 66.4 Å². The number of carbonyl (C=O) groups is 1. The van der Waals surface area contributed by atoms with Gasteiger partial charge in [-0.15, -0.1) is 0 Å². The minimum absolute atomic E-state index is 0.0999. The van der Waals surface area contributed by atoms with Crippen molar-refractivity contribution in [1.29, 1.82) is 0 Å². The minimum Gasteiger partial charge on any atom is -0.491 e. The molecule has 1 aromatic heterocycles. The SMILES string of the molecule is CC(C)Oc1ccc(NC(=O)c2ccnc(Nc3ccc4c(c3)OCO4)c2)cc1. The predicted molar refractivity (Wildman–Crippen MR) is 110 cm³/mol. The summed E-state index contributed by atoms with van der Waals surface area (Å²) in [7, 11) is 0. The lowest BCUT2D eigenvalue weighted by atomic mass is 10.2. The molecule has 0 saturated heterocycles. The van der Waals surface area contributed by atoms with Gasteiger partial charge in [-0.1, -0.05) is 0 Å². The number of nitrogens with zero attached hydrogens (tertiary/aromatic N) is 1. The fraction of sp³-hybridized carbons (Fsp3) is 0.182. The van der Waals surface area contributed by atoms with Crippen molar-refractivity contribution in [3.8, 4) is 17.2 Å². The number of amides is 1. The van der Waals surface area contributed by atoms with Crippen molar-refractivity contribution in [2.24, 2.45) is 0 Å². The van der Waals surface area contributed by atoms with Crippen molar-refractivity contribution >= 4 is 23.1 Å². The Morgan fingerprint density at radius 1 is 1.00 bits per heavy atom. The second-order valence-electron chi connectivity index (χ2n) is 6.77.